The third-order valence-corrected chi connectivity index (χ3v) is 5.75. The van der Waals surface area contributed by atoms with Crippen LogP contribution in [-0.2, 0) is 16.6 Å². The third kappa shape index (κ3) is 7.06. The Morgan fingerprint density at radius 3 is 1.88 bits per heavy atom. The molecule has 2 nitrogen and oxygen atoms in total. The Labute approximate surface area is 171 Å². The molecule has 0 saturated carbocycles. The van der Waals surface area contributed by atoms with Crippen molar-refractivity contribution < 1.29 is 13.5 Å². The second-order valence-corrected chi connectivity index (χ2v) is 7.76. The van der Waals surface area contributed by atoms with Crippen LogP contribution in [-0.4, -0.2) is 31.2 Å². The van der Waals surface area contributed by atoms with Crippen molar-refractivity contribution in [3.05, 3.63) is 68.1 Å². The van der Waals surface area contributed by atoms with E-state index in [0.29, 0.717) is 0 Å². The van der Waals surface area contributed by atoms with Crippen molar-refractivity contribution in [2.75, 3.05) is 26.3 Å². The Hall–Kier alpha value is -0.340. The Bertz CT molecular complexity index is 694. The molecule has 0 atom stereocenters. The molecule has 1 fully saturated rings. The summed E-state index contributed by atoms with van der Waals surface area (Å²) in [4.78, 5) is 2.31. The molecule has 0 aliphatic carbocycles. The van der Waals surface area contributed by atoms with Gasteiger partial charge in [-0.25, -0.2) is 8.78 Å². The molecule has 0 unspecified atom stereocenters. The fourth-order valence-electron chi connectivity index (χ4n) is 2.28. The summed E-state index contributed by atoms with van der Waals surface area (Å²) >= 11 is 9.89. The molecule has 0 radical (unpaired) electrons. The second-order valence-electron chi connectivity index (χ2n) is 5.49. The van der Waals surface area contributed by atoms with E-state index < -0.39 is 0 Å². The average Bonchev–Trinajstić information content (AvgIpc) is 2.59. The van der Waals surface area contributed by atoms with E-state index in [-0.39, 0.29) is 11.6 Å². The summed E-state index contributed by atoms with van der Waals surface area (Å²) in [6.07, 6.45) is 0. The lowest BCUT2D eigenvalue weighted by Crippen LogP contribution is -2.35. The highest BCUT2D eigenvalue weighted by Gasteiger charge is 2.12. The van der Waals surface area contributed by atoms with Crippen LogP contribution in [0.1, 0.15) is 11.1 Å². The summed E-state index contributed by atoms with van der Waals surface area (Å²) in [5, 5.41) is 0.744. The average molecular weight is 542 g/mol. The minimum absolute atomic E-state index is 0.201. The van der Waals surface area contributed by atoms with Crippen molar-refractivity contribution >= 4 is 47.8 Å². The maximum atomic E-state index is 12.9. The Kier molecular flexibility index (Phi) is 8.99. The maximum Gasteiger partial charge on any atom is 0.124 e. The van der Waals surface area contributed by atoms with Crippen molar-refractivity contribution in [3.8, 4) is 0 Å². The van der Waals surface area contributed by atoms with Crippen molar-refractivity contribution in [1.29, 1.82) is 0 Å². The minimum Gasteiger partial charge on any atom is -0.379 e. The molecule has 7 heteroatoms. The number of hydrogen-bond donors (Lipinski definition) is 0. The molecule has 25 heavy (non-hydrogen) atoms. The van der Waals surface area contributed by atoms with Crippen molar-refractivity contribution in [2.45, 2.75) is 11.9 Å². The van der Waals surface area contributed by atoms with Crippen molar-refractivity contribution in [3.63, 3.8) is 0 Å². The molecule has 3 rings (SSSR count). The van der Waals surface area contributed by atoms with Crippen LogP contribution in [0.2, 0.25) is 0 Å². The van der Waals surface area contributed by atoms with Crippen LogP contribution in [0.5, 0.6) is 0 Å². The first-order valence-corrected chi connectivity index (χ1v) is 10.4. The molecule has 1 aliphatic heterocycles. The third-order valence-electron chi connectivity index (χ3n) is 3.67. The number of nitrogens with zero attached hydrogens (tertiary/aromatic N) is 1. The molecular formula is C18H18Br3F2NO. The fraction of sp³-hybridized carbons (Fsp3) is 0.333. The summed E-state index contributed by atoms with van der Waals surface area (Å²) in [7, 11) is 0. The summed E-state index contributed by atoms with van der Waals surface area (Å²) in [5.41, 5.74) is 2.18. The van der Waals surface area contributed by atoms with E-state index in [1.54, 1.807) is 6.07 Å². The van der Waals surface area contributed by atoms with Gasteiger partial charge < -0.3 is 4.74 Å². The highest BCUT2D eigenvalue weighted by atomic mass is 79.9. The van der Waals surface area contributed by atoms with Gasteiger partial charge >= 0.3 is 0 Å². The van der Waals surface area contributed by atoms with Crippen molar-refractivity contribution in [1.82, 2.24) is 4.90 Å². The number of benzene rings is 2. The number of morpholine rings is 1. The number of hydrogen-bond acceptors (Lipinski definition) is 2. The van der Waals surface area contributed by atoms with Gasteiger partial charge in [0.1, 0.15) is 11.6 Å². The number of alkyl halides is 1. The van der Waals surface area contributed by atoms with E-state index in [9.17, 15) is 8.78 Å². The van der Waals surface area contributed by atoms with Gasteiger partial charge in [0.25, 0.3) is 0 Å². The van der Waals surface area contributed by atoms with Gasteiger partial charge in [0.15, 0.2) is 0 Å². The molecule has 2 aromatic carbocycles. The van der Waals surface area contributed by atoms with Crippen LogP contribution in [0.15, 0.2) is 45.3 Å². The van der Waals surface area contributed by atoms with Crippen molar-refractivity contribution in [2.24, 2.45) is 0 Å². The van der Waals surface area contributed by atoms with Crippen LogP contribution in [0, 0.1) is 11.6 Å². The highest BCUT2D eigenvalue weighted by Crippen LogP contribution is 2.20. The van der Waals surface area contributed by atoms with E-state index in [4.69, 9.17) is 4.74 Å². The SMILES string of the molecule is Fc1ccc(CBr)c(Br)c1.Fc1ccc(CN2CCOCC2)c(Br)c1. The topological polar surface area (TPSA) is 12.5 Å². The van der Waals surface area contributed by atoms with Gasteiger partial charge in [-0.1, -0.05) is 59.9 Å². The summed E-state index contributed by atoms with van der Waals surface area (Å²) < 4.78 is 32.2. The second kappa shape index (κ2) is 10.7. The highest BCUT2D eigenvalue weighted by molar-refractivity contribution is 9.11. The minimum atomic E-state index is -0.212. The van der Waals surface area contributed by atoms with Crippen LogP contribution < -0.4 is 0 Å². The molecule has 1 saturated heterocycles. The van der Waals surface area contributed by atoms with Gasteiger partial charge in [0, 0.05) is 33.9 Å². The van der Waals surface area contributed by atoms with E-state index in [2.05, 4.69) is 52.7 Å². The number of ether oxygens (including phenoxy) is 1. The molecule has 1 heterocycles. The summed E-state index contributed by atoms with van der Waals surface area (Å²) in [6.45, 7) is 4.33. The largest absolute Gasteiger partial charge is 0.379 e. The first-order valence-electron chi connectivity index (χ1n) is 7.73. The monoisotopic (exact) mass is 539 g/mol. The lowest BCUT2D eigenvalue weighted by Gasteiger charge is -2.26. The zero-order valence-corrected chi connectivity index (χ0v) is 18.2. The Balaban J connectivity index is 0.000000196. The fourth-order valence-corrected chi connectivity index (χ4v) is 4.11. The number of rotatable bonds is 3. The van der Waals surface area contributed by atoms with Crippen LogP contribution in [0.25, 0.3) is 0 Å². The standard InChI is InChI=1S/C11H13BrFNO.C7H5Br2F/c12-11-7-10(13)2-1-9(11)8-14-3-5-15-6-4-14;8-4-5-1-2-6(10)3-7(5)9/h1-2,7H,3-6,8H2;1-3H,4H2. The van der Waals surface area contributed by atoms with Gasteiger partial charge in [-0.05, 0) is 35.4 Å². The molecule has 1 aliphatic rings. The first kappa shape index (κ1) is 21.0. The normalized spacial score (nSPS) is 14.8. The van der Waals surface area contributed by atoms with Gasteiger partial charge in [0.05, 0.1) is 13.2 Å². The van der Waals surface area contributed by atoms with Crippen LogP contribution in [0.4, 0.5) is 8.78 Å². The van der Waals surface area contributed by atoms with E-state index in [1.807, 2.05) is 6.07 Å². The predicted molar refractivity (Wildman–Crippen MR) is 107 cm³/mol. The molecule has 0 amide bonds. The molecule has 0 N–H and O–H groups in total. The smallest absolute Gasteiger partial charge is 0.124 e. The Morgan fingerprint density at radius 2 is 1.40 bits per heavy atom. The van der Waals surface area contributed by atoms with E-state index in [0.717, 1.165) is 58.3 Å². The zero-order valence-electron chi connectivity index (χ0n) is 13.5. The zero-order chi connectivity index (χ0) is 18.2. The molecule has 0 aromatic heterocycles. The predicted octanol–water partition coefficient (Wildman–Crippen LogP) is 5.90. The van der Waals surface area contributed by atoms with Crippen LogP contribution >= 0.6 is 47.8 Å². The maximum absolute atomic E-state index is 12.9. The number of halogens is 5. The van der Waals surface area contributed by atoms with E-state index >= 15 is 0 Å². The first-order chi connectivity index (χ1) is 12.0. The molecular weight excluding hydrogens is 524 g/mol. The lowest BCUT2D eigenvalue weighted by atomic mass is 10.2. The van der Waals surface area contributed by atoms with E-state index in [1.165, 1.54) is 24.3 Å². The lowest BCUT2D eigenvalue weighted by molar-refractivity contribution is 0.0341. The van der Waals surface area contributed by atoms with Gasteiger partial charge in [-0.2, -0.15) is 0 Å². The van der Waals surface area contributed by atoms with Gasteiger partial charge in [-0.15, -0.1) is 0 Å². The molecule has 0 bridgehead atoms. The molecule has 136 valence electrons. The van der Waals surface area contributed by atoms with Gasteiger partial charge in [-0.3, -0.25) is 4.90 Å². The molecule has 2 aromatic rings. The Morgan fingerprint density at radius 1 is 0.880 bits per heavy atom. The quantitative estimate of drug-likeness (QED) is 0.448. The molecule has 0 spiro atoms. The summed E-state index contributed by atoms with van der Waals surface area (Å²) in [5.74, 6) is -0.413. The van der Waals surface area contributed by atoms with Crippen LogP contribution in [0.3, 0.4) is 0 Å². The van der Waals surface area contributed by atoms with Gasteiger partial charge in [0.2, 0.25) is 0 Å². The summed E-state index contributed by atoms with van der Waals surface area (Å²) in [6, 6.07) is 9.48.